The van der Waals surface area contributed by atoms with Gasteiger partial charge in [-0.25, -0.2) is 10.0 Å². The fourth-order valence-electron chi connectivity index (χ4n) is 5.49. The maximum atomic E-state index is 13.1. The number of nitrogens with zero attached hydrogens (tertiary/aromatic N) is 3. The largest absolute Gasteiger partial charge is 0.384 e. The highest BCUT2D eigenvalue weighted by Gasteiger charge is 2.42. The maximum absolute atomic E-state index is 13.1. The number of anilines is 2. The summed E-state index contributed by atoms with van der Waals surface area (Å²) in [7, 11) is 3.01. The molecule has 0 unspecified atom stereocenters. The molecule has 5 rings (SSSR count). The molecule has 3 atom stereocenters. The molecule has 2 bridgehead atoms. The van der Waals surface area contributed by atoms with Crippen molar-refractivity contribution in [1.82, 2.24) is 15.4 Å². The molecule has 1 aromatic carbocycles. The normalized spacial score (nSPS) is 22.4. The highest BCUT2D eigenvalue weighted by atomic mass is 16.7. The first-order valence-electron chi connectivity index (χ1n) is 12.9. The zero-order valence-electron chi connectivity index (χ0n) is 21.3. The smallest absolute Gasteiger partial charge is 0.278 e. The summed E-state index contributed by atoms with van der Waals surface area (Å²) in [6, 6.07) is 9.28. The van der Waals surface area contributed by atoms with Crippen LogP contribution in [0.25, 0.3) is 0 Å². The van der Waals surface area contributed by atoms with E-state index in [1.807, 2.05) is 6.07 Å². The third kappa shape index (κ3) is 5.39. The van der Waals surface area contributed by atoms with Gasteiger partial charge in [-0.15, -0.1) is 0 Å². The van der Waals surface area contributed by atoms with Gasteiger partial charge >= 0.3 is 0 Å². The molecule has 10 nitrogen and oxygen atoms in total. The molecule has 37 heavy (non-hydrogen) atoms. The van der Waals surface area contributed by atoms with Gasteiger partial charge in [0, 0.05) is 49.2 Å². The molecule has 3 heterocycles. The lowest BCUT2D eigenvalue weighted by Crippen LogP contribution is -2.50. The molecule has 0 radical (unpaired) electrons. The van der Waals surface area contributed by atoms with Gasteiger partial charge in [-0.05, 0) is 74.8 Å². The summed E-state index contributed by atoms with van der Waals surface area (Å²) >= 11 is 0. The quantitative estimate of drug-likeness (QED) is 0.446. The average Bonchev–Trinajstić information content (AvgIpc) is 3.70. The second kappa shape index (κ2) is 10.4. The van der Waals surface area contributed by atoms with Gasteiger partial charge in [0.05, 0.1) is 18.2 Å². The number of carbonyl (C=O) groups is 3. The van der Waals surface area contributed by atoms with Crippen LogP contribution in [-0.4, -0.2) is 66.6 Å². The number of nitrogens with two attached hydrogens (primary N) is 1. The third-order valence-electron chi connectivity index (χ3n) is 7.71. The molecular formula is C27H34N6O4. The van der Waals surface area contributed by atoms with Crippen molar-refractivity contribution in [3.8, 4) is 0 Å². The number of hydrogen-bond acceptors (Lipinski definition) is 7. The van der Waals surface area contributed by atoms with Crippen molar-refractivity contribution < 1.29 is 19.2 Å². The summed E-state index contributed by atoms with van der Waals surface area (Å²) < 4.78 is 0. The summed E-state index contributed by atoms with van der Waals surface area (Å²) in [6.45, 7) is 0.777. The molecule has 196 valence electrons. The van der Waals surface area contributed by atoms with Crippen LogP contribution in [0.3, 0.4) is 0 Å². The summed E-state index contributed by atoms with van der Waals surface area (Å²) in [6.07, 6.45) is 7.67. The Bertz CT molecular complexity index is 1170. The zero-order chi connectivity index (χ0) is 26.1. The Morgan fingerprint density at radius 2 is 1.78 bits per heavy atom. The van der Waals surface area contributed by atoms with E-state index in [1.165, 1.54) is 25.0 Å². The first-order chi connectivity index (χ1) is 17.8. The zero-order valence-corrected chi connectivity index (χ0v) is 21.3. The van der Waals surface area contributed by atoms with Crippen LogP contribution < -0.4 is 21.3 Å². The molecule has 4 N–H and O–H groups in total. The van der Waals surface area contributed by atoms with E-state index in [0.29, 0.717) is 28.3 Å². The number of fused-ring (bicyclic) bond motifs is 2. The minimum absolute atomic E-state index is 0.0520. The highest BCUT2D eigenvalue weighted by Crippen LogP contribution is 2.38. The predicted octanol–water partition coefficient (Wildman–Crippen LogP) is 2.57. The lowest BCUT2D eigenvalue weighted by molar-refractivity contribution is -0.0757. The number of primary amides is 1. The van der Waals surface area contributed by atoms with Crippen LogP contribution >= 0.6 is 0 Å². The molecule has 1 saturated carbocycles. The minimum Gasteiger partial charge on any atom is -0.384 e. The van der Waals surface area contributed by atoms with E-state index in [0.717, 1.165) is 38.0 Å². The van der Waals surface area contributed by atoms with Gasteiger partial charge in [0.1, 0.15) is 5.82 Å². The molecule has 1 aromatic heterocycles. The number of hydrogen-bond donors (Lipinski definition) is 3. The Morgan fingerprint density at radius 3 is 2.38 bits per heavy atom. The average molecular weight is 507 g/mol. The van der Waals surface area contributed by atoms with E-state index >= 15 is 0 Å². The molecule has 0 spiro atoms. The first-order valence-corrected chi connectivity index (χ1v) is 12.9. The minimum atomic E-state index is -0.508. The van der Waals surface area contributed by atoms with E-state index in [9.17, 15) is 14.4 Å². The van der Waals surface area contributed by atoms with Gasteiger partial charge in [-0.1, -0.05) is 0 Å². The Kier molecular flexibility index (Phi) is 7.01. The molecule has 10 heteroatoms. The van der Waals surface area contributed by atoms with Crippen LogP contribution in [0, 0.1) is 5.92 Å². The Morgan fingerprint density at radius 1 is 1.08 bits per heavy atom. The van der Waals surface area contributed by atoms with E-state index < -0.39 is 5.91 Å². The molecule has 3 fully saturated rings. The van der Waals surface area contributed by atoms with Gasteiger partial charge < -0.3 is 21.3 Å². The van der Waals surface area contributed by atoms with Gasteiger partial charge in [-0.3, -0.25) is 19.2 Å². The number of carbonyl (C=O) groups excluding carboxylic acids is 3. The fourth-order valence-corrected chi connectivity index (χ4v) is 5.49. The summed E-state index contributed by atoms with van der Waals surface area (Å²) in [5, 5.41) is 7.68. The monoisotopic (exact) mass is 506 g/mol. The van der Waals surface area contributed by atoms with E-state index in [-0.39, 0.29) is 29.9 Å². The molecule has 2 aromatic rings. The number of hydroxylamine groups is 2. The number of benzene rings is 1. The number of rotatable bonds is 9. The second-order valence-electron chi connectivity index (χ2n) is 10.3. The fraction of sp³-hybridized carbons (Fsp3) is 0.481. The Hall–Kier alpha value is -3.66. The van der Waals surface area contributed by atoms with E-state index in [1.54, 1.807) is 37.5 Å². The third-order valence-corrected chi connectivity index (χ3v) is 7.71. The van der Waals surface area contributed by atoms with Gasteiger partial charge in [0.25, 0.3) is 17.7 Å². The number of piperidine rings is 1. The molecule has 3 amide bonds. The summed E-state index contributed by atoms with van der Waals surface area (Å²) in [5.41, 5.74) is 7.54. The number of aromatic nitrogens is 1. The number of amides is 3. The van der Waals surface area contributed by atoms with Crippen molar-refractivity contribution in [2.24, 2.45) is 11.7 Å². The van der Waals surface area contributed by atoms with Crippen LogP contribution in [-0.2, 0) is 4.84 Å². The van der Waals surface area contributed by atoms with Crippen molar-refractivity contribution in [2.75, 3.05) is 30.9 Å². The summed E-state index contributed by atoms with van der Waals surface area (Å²) in [5.74, 6) is 0.567. The SMILES string of the molecule is CON(C)C(=O)c1ccc(N2[C@@H]3CC[C@H]2C[C@@H](NC(=O)c2ccc(C(N)=O)c(NCC4CC4)c2)C3)nc1. The maximum Gasteiger partial charge on any atom is 0.278 e. The van der Waals surface area contributed by atoms with Gasteiger partial charge in [0.15, 0.2) is 0 Å². The van der Waals surface area contributed by atoms with Crippen molar-refractivity contribution in [3.63, 3.8) is 0 Å². The standard InChI is InChI=1S/C27H34N6O4/c1-32(37-2)27(36)18-6-10-24(30-15-18)33-20-7-8-21(33)13-19(12-20)31-26(35)17-5-9-22(25(28)34)23(11-17)29-14-16-3-4-16/h5-6,9-11,15-16,19-21,29H,3-4,7-8,12-14H2,1-2H3,(H2,28,34)(H,31,35)/t19-,20+,21-. The summed E-state index contributed by atoms with van der Waals surface area (Å²) in [4.78, 5) is 49.1. The topological polar surface area (TPSA) is 130 Å². The van der Waals surface area contributed by atoms with Crippen molar-refractivity contribution >= 4 is 29.2 Å². The number of pyridine rings is 1. The lowest BCUT2D eigenvalue weighted by atomic mass is 9.96. The van der Waals surface area contributed by atoms with Crippen LogP contribution in [0.4, 0.5) is 11.5 Å². The molecular weight excluding hydrogens is 472 g/mol. The number of nitrogens with one attached hydrogen (secondary N) is 2. The highest BCUT2D eigenvalue weighted by molar-refractivity contribution is 6.02. The van der Waals surface area contributed by atoms with E-state index in [4.69, 9.17) is 10.6 Å². The van der Waals surface area contributed by atoms with E-state index in [2.05, 4.69) is 20.5 Å². The van der Waals surface area contributed by atoms with Crippen molar-refractivity contribution in [1.29, 1.82) is 0 Å². The van der Waals surface area contributed by atoms with Crippen LogP contribution in [0.2, 0.25) is 0 Å². The molecule has 2 aliphatic heterocycles. The first kappa shape index (κ1) is 25.0. The molecule has 2 saturated heterocycles. The van der Waals surface area contributed by atoms with Crippen LogP contribution in [0.5, 0.6) is 0 Å². The Balaban J connectivity index is 1.23. The van der Waals surface area contributed by atoms with Crippen molar-refractivity contribution in [2.45, 2.75) is 56.7 Å². The van der Waals surface area contributed by atoms with Crippen LogP contribution in [0.15, 0.2) is 36.5 Å². The van der Waals surface area contributed by atoms with Crippen molar-refractivity contribution in [3.05, 3.63) is 53.2 Å². The molecule has 1 aliphatic carbocycles. The van der Waals surface area contributed by atoms with Gasteiger partial charge in [-0.2, -0.15) is 0 Å². The lowest BCUT2D eigenvalue weighted by Gasteiger charge is -2.40. The Labute approximate surface area is 216 Å². The predicted molar refractivity (Wildman–Crippen MR) is 139 cm³/mol. The molecule has 3 aliphatic rings. The second-order valence-corrected chi connectivity index (χ2v) is 10.3. The van der Waals surface area contributed by atoms with Crippen LogP contribution in [0.1, 0.15) is 69.6 Å². The van der Waals surface area contributed by atoms with Gasteiger partial charge in [0.2, 0.25) is 0 Å².